The molecular weight excluding hydrogens is 302 g/mol. The number of hydrogen-bond donors (Lipinski definition) is 3. The Labute approximate surface area is 121 Å². The average Bonchev–Trinajstić information content (AvgIpc) is 2.43. The fourth-order valence-electron chi connectivity index (χ4n) is 1.55. The molecule has 1 atom stereocenters. The summed E-state index contributed by atoms with van der Waals surface area (Å²) in [6.07, 6.45) is 0. The summed E-state index contributed by atoms with van der Waals surface area (Å²) in [5.41, 5.74) is 0.467. The van der Waals surface area contributed by atoms with Crippen molar-refractivity contribution in [2.45, 2.75) is 11.8 Å². The molecule has 0 amide bonds. The molecule has 0 saturated carbocycles. The number of hydrogen-bond acceptors (Lipinski definition) is 6. The molecule has 9 heteroatoms. The minimum atomic E-state index is -3.98. The Morgan fingerprint density at radius 2 is 2.05 bits per heavy atom. The van der Waals surface area contributed by atoms with E-state index in [1.807, 2.05) is 4.72 Å². The number of aliphatic hydroxyl groups excluding tert-OH is 1. The number of methoxy groups -OCH3 is 1. The number of nitrogens with one attached hydrogen (secondary N) is 1. The second-order valence-electron chi connectivity index (χ2n) is 4.14. The van der Waals surface area contributed by atoms with Gasteiger partial charge in [-0.05, 0) is 17.7 Å². The zero-order valence-corrected chi connectivity index (χ0v) is 12.0. The summed E-state index contributed by atoms with van der Waals surface area (Å²) in [5.74, 6) is -2.62. The summed E-state index contributed by atoms with van der Waals surface area (Å²) >= 11 is 0. The van der Waals surface area contributed by atoms with Gasteiger partial charge in [-0.15, -0.1) is 0 Å². The molecule has 0 spiro atoms. The largest absolute Gasteiger partial charge is 0.480 e. The number of benzene rings is 1. The minimum Gasteiger partial charge on any atom is -0.480 e. The van der Waals surface area contributed by atoms with E-state index in [1.165, 1.54) is 31.4 Å². The molecule has 8 nitrogen and oxygen atoms in total. The third-order valence-electron chi connectivity index (χ3n) is 2.51. The highest BCUT2D eigenvalue weighted by molar-refractivity contribution is 7.88. The Morgan fingerprint density at radius 3 is 2.57 bits per heavy atom. The molecule has 0 fully saturated rings. The van der Waals surface area contributed by atoms with Gasteiger partial charge in [-0.3, -0.25) is 4.79 Å². The minimum absolute atomic E-state index is 0.183. The number of carbonyl (C=O) groups excluding carboxylic acids is 1. The van der Waals surface area contributed by atoms with Crippen LogP contribution in [0.1, 0.15) is 15.9 Å². The molecule has 0 aliphatic rings. The summed E-state index contributed by atoms with van der Waals surface area (Å²) in [6.45, 7) is -0.864. The van der Waals surface area contributed by atoms with Crippen molar-refractivity contribution < 1.29 is 33.0 Å². The fourth-order valence-corrected chi connectivity index (χ4v) is 2.86. The zero-order chi connectivity index (χ0) is 16.0. The summed E-state index contributed by atoms with van der Waals surface area (Å²) in [5, 5.41) is 17.5. The molecule has 1 aromatic rings. The number of aliphatic carboxylic acids is 1. The van der Waals surface area contributed by atoms with Crippen molar-refractivity contribution in [3.8, 4) is 0 Å². The van der Waals surface area contributed by atoms with Crippen LogP contribution in [0.5, 0.6) is 0 Å². The number of aliphatic hydroxyl groups is 1. The molecule has 0 aliphatic carbocycles. The number of rotatable bonds is 7. The topological polar surface area (TPSA) is 130 Å². The summed E-state index contributed by atoms with van der Waals surface area (Å²) in [7, 11) is -2.78. The van der Waals surface area contributed by atoms with Crippen molar-refractivity contribution in [3.63, 3.8) is 0 Å². The molecule has 1 rings (SSSR count). The van der Waals surface area contributed by atoms with Crippen LogP contribution in [-0.4, -0.2) is 50.3 Å². The molecule has 3 N–H and O–H groups in total. The van der Waals surface area contributed by atoms with Crippen LogP contribution in [0.4, 0.5) is 0 Å². The monoisotopic (exact) mass is 317 g/mol. The molecule has 21 heavy (non-hydrogen) atoms. The van der Waals surface area contributed by atoms with Crippen LogP contribution in [0.2, 0.25) is 0 Å². The summed E-state index contributed by atoms with van der Waals surface area (Å²) < 4.78 is 30.0. The number of carboxylic acids is 1. The van der Waals surface area contributed by atoms with Gasteiger partial charge in [0.25, 0.3) is 0 Å². The highest BCUT2D eigenvalue weighted by atomic mass is 32.2. The van der Waals surface area contributed by atoms with Crippen LogP contribution in [0, 0.1) is 0 Å². The Morgan fingerprint density at radius 1 is 1.38 bits per heavy atom. The first-order valence-electron chi connectivity index (χ1n) is 5.80. The van der Waals surface area contributed by atoms with Crippen LogP contribution in [-0.2, 0) is 25.3 Å². The molecule has 0 saturated heterocycles. The molecule has 0 aliphatic heterocycles. The molecule has 0 heterocycles. The SMILES string of the molecule is COC(=O)c1cccc(CS(=O)(=O)N[C@H](CO)C(=O)O)c1. The Hall–Kier alpha value is -1.97. The Kier molecular flexibility index (Phi) is 5.82. The number of ether oxygens (including phenoxy) is 1. The molecule has 0 unspecified atom stereocenters. The van der Waals surface area contributed by atoms with Crippen LogP contribution >= 0.6 is 0 Å². The van der Waals surface area contributed by atoms with Gasteiger partial charge in [0.2, 0.25) is 10.0 Å². The molecule has 0 aromatic heterocycles. The van der Waals surface area contributed by atoms with E-state index in [-0.39, 0.29) is 11.1 Å². The van der Waals surface area contributed by atoms with E-state index < -0.39 is 40.4 Å². The van der Waals surface area contributed by atoms with Crippen molar-refractivity contribution in [2.24, 2.45) is 0 Å². The normalized spacial score (nSPS) is 12.7. The van der Waals surface area contributed by atoms with E-state index in [9.17, 15) is 18.0 Å². The lowest BCUT2D eigenvalue weighted by molar-refractivity contribution is -0.139. The predicted octanol–water partition coefficient (Wildman–Crippen LogP) is -0.662. The first kappa shape index (κ1) is 17.1. The van der Waals surface area contributed by atoms with Crippen molar-refractivity contribution in [1.82, 2.24) is 4.72 Å². The van der Waals surface area contributed by atoms with Gasteiger partial charge < -0.3 is 14.9 Å². The predicted molar refractivity (Wildman–Crippen MR) is 72.1 cm³/mol. The lowest BCUT2D eigenvalue weighted by Crippen LogP contribution is -2.43. The molecule has 0 radical (unpaired) electrons. The first-order valence-corrected chi connectivity index (χ1v) is 7.45. The smallest absolute Gasteiger partial charge is 0.337 e. The van der Waals surface area contributed by atoms with Crippen LogP contribution in [0.15, 0.2) is 24.3 Å². The molecular formula is C12H15NO7S. The second kappa shape index (κ2) is 7.16. The maximum Gasteiger partial charge on any atom is 0.337 e. The summed E-state index contributed by atoms with van der Waals surface area (Å²) in [4.78, 5) is 22.0. The van der Waals surface area contributed by atoms with Crippen LogP contribution < -0.4 is 4.72 Å². The average molecular weight is 317 g/mol. The second-order valence-corrected chi connectivity index (χ2v) is 5.90. The molecule has 116 valence electrons. The third kappa shape index (κ3) is 5.14. The number of carboxylic acid groups (broad SMARTS) is 1. The maximum absolute atomic E-state index is 11.8. The highest BCUT2D eigenvalue weighted by Gasteiger charge is 2.23. The van der Waals surface area contributed by atoms with Crippen LogP contribution in [0.25, 0.3) is 0 Å². The van der Waals surface area contributed by atoms with E-state index in [4.69, 9.17) is 10.2 Å². The Balaban J connectivity index is 2.89. The van der Waals surface area contributed by atoms with E-state index in [0.717, 1.165) is 0 Å². The van der Waals surface area contributed by atoms with E-state index >= 15 is 0 Å². The number of carbonyl (C=O) groups is 2. The number of esters is 1. The van der Waals surface area contributed by atoms with Gasteiger partial charge in [-0.2, -0.15) is 4.72 Å². The van der Waals surface area contributed by atoms with Crippen molar-refractivity contribution >= 4 is 22.0 Å². The first-order chi connectivity index (χ1) is 9.79. The van der Waals surface area contributed by atoms with Gasteiger partial charge in [0, 0.05) is 0 Å². The van der Waals surface area contributed by atoms with Gasteiger partial charge >= 0.3 is 11.9 Å². The summed E-state index contributed by atoms with van der Waals surface area (Å²) in [6, 6.07) is 4.14. The van der Waals surface area contributed by atoms with Crippen molar-refractivity contribution in [3.05, 3.63) is 35.4 Å². The van der Waals surface area contributed by atoms with Gasteiger partial charge in [0.1, 0.15) is 6.04 Å². The molecule has 0 bridgehead atoms. The van der Waals surface area contributed by atoms with Crippen molar-refractivity contribution in [2.75, 3.05) is 13.7 Å². The van der Waals surface area contributed by atoms with E-state index in [0.29, 0.717) is 0 Å². The van der Waals surface area contributed by atoms with Gasteiger partial charge in [0.15, 0.2) is 0 Å². The van der Waals surface area contributed by atoms with E-state index in [1.54, 1.807) is 0 Å². The van der Waals surface area contributed by atoms with Gasteiger partial charge in [0.05, 0.1) is 25.0 Å². The van der Waals surface area contributed by atoms with Gasteiger partial charge in [-0.25, -0.2) is 13.2 Å². The standard InChI is InChI=1S/C12H15NO7S/c1-20-12(17)9-4-2-3-8(5-9)7-21(18,19)13-10(6-14)11(15)16/h2-5,10,13-14H,6-7H2,1H3,(H,15,16)/t10-/m1/s1. The van der Waals surface area contributed by atoms with Crippen LogP contribution in [0.3, 0.4) is 0 Å². The quantitative estimate of drug-likeness (QED) is 0.569. The maximum atomic E-state index is 11.8. The third-order valence-corrected chi connectivity index (χ3v) is 3.86. The molecule has 1 aromatic carbocycles. The van der Waals surface area contributed by atoms with E-state index in [2.05, 4.69) is 4.74 Å². The number of sulfonamides is 1. The Bertz CT molecular complexity index is 626. The fraction of sp³-hybridized carbons (Fsp3) is 0.333. The highest BCUT2D eigenvalue weighted by Crippen LogP contribution is 2.10. The van der Waals surface area contributed by atoms with Crippen molar-refractivity contribution in [1.29, 1.82) is 0 Å². The lowest BCUT2D eigenvalue weighted by Gasteiger charge is -2.12. The zero-order valence-electron chi connectivity index (χ0n) is 11.1. The van der Waals surface area contributed by atoms with Gasteiger partial charge in [-0.1, -0.05) is 12.1 Å². The lowest BCUT2D eigenvalue weighted by atomic mass is 10.1.